The van der Waals surface area contributed by atoms with E-state index in [-0.39, 0.29) is 16.2 Å². The van der Waals surface area contributed by atoms with Crippen LogP contribution in [0, 0.1) is 6.92 Å². The van der Waals surface area contributed by atoms with E-state index in [9.17, 15) is 26.7 Å². The van der Waals surface area contributed by atoms with E-state index in [1.807, 2.05) is 19.1 Å². The van der Waals surface area contributed by atoms with Gasteiger partial charge in [0.05, 0.1) is 22.9 Å². The van der Waals surface area contributed by atoms with Crippen molar-refractivity contribution in [1.29, 1.82) is 0 Å². The van der Waals surface area contributed by atoms with Crippen molar-refractivity contribution < 1.29 is 31.1 Å². The number of benzene rings is 3. The average molecular weight is 657 g/mol. The number of nitrogens with one attached hydrogen (secondary N) is 1. The normalized spacial score (nSPS) is 14.6. The lowest BCUT2D eigenvalue weighted by atomic mass is 9.94. The molecule has 44 heavy (non-hydrogen) atoms. The monoisotopic (exact) mass is 656 g/mol. The van der Waals surface area contributed by atoms with Crippen molar-refractivity contribution in [3.05, 3.63) is 118 Å². The zero-order valence-corrected chi connectivity index (χ0v) is 25.6. The number of thiophene rings is 1. The second-order valence-electron chi connectivity index (χ2n) is 10.5. The Kier molecular flexibility index (Phi) is 7.58. The van der Waals surface area contributed by atoms with Gasteiger partial charge in [0.1, 0.15) is 5.58 Å². The average Bonchev–Trinajstić information content (AvgIpc) is 3.59. The summed E-state index contributed by atoms with van der Waals surface area (Å²) < 4.78 is 77.3. The lowest BCUT2D eigenvalue weighted by molar-refractivity contribution is -0.258. The van der Waals surface area contributed by atoms with Crippen LogP contribution in [-0.4, -0.2) is 24.7 Å². The Morgan fingerprint density at radius 2 is 1.80 bits per heavy atom. The van der Waals surface area contributed by atoms with Crippen molar-refractivity contribution in [3.8, 4) is 11.3 Å². The Morgan fingerprint density at radius 3 is 2.55 bits per heavy atom. The summed E-state index contributed by atoms with van der Waals surface area (Å²) in [5.74, 6) is 0. The summed E-state index contributed by atoms with van der Waals surface area (Å²) in [5.41, 5.74) is -0.792. The third-order valence-electron chi connectivity index (χ3n) is 7.54. The number of aromatic nitrogens is 1. The maximum atomic E-state index is 13.8. The molecule has 0 fully saturated rings. The molecule has 2 N–H and O–H groups in total. The smallest absolute Gasteiger partial charge is 0.421 e. The Labute approximate surface area is 259 Å². The predicted octanol–water partition coefficient (Wildman–Crippen LogP) is 8.51. The van der Waals surface area contributed by atoms with Gasteiger partial charge in [-0.3, -0.25) is 4.98 Å². The number of aliphatic hydroxyl groups is 1. The second kappa shape index (κ2) is 11.0. The molecule has 0 bridgehead atoms. The highest BCUT2D eigenvalue weighted by Gasteiger charge is 2.51. The SMILES string of the molecule is Cc1coc2ccc(S(=O)(=O)N[C@@H](c3cc4cccc(-c5cc([C@](C)(O)C(F)(F)F)ccn5)c4s3)c3ccccc3Cl)cc12. The molecule has 0 unspecified atom stereocenters. The van der Waals surface area contributed by atoms with Crippen LogP contribution in [0.3, 0.4) is 0 Å². The van der Waals surface area contributed by atoms with Crippen LogP contribution in [0.2, 0.25) is 5.02 Å². The molecule has 0 saturated carbocycles. The van der Waals surface area contributed by atoms with Crippen molar-refractivity contribution >= 4 is 54.0 Å². The first-order valence-corrected chi connectivity index (χ1v) is 16.0. The number of furan rings is 1. The van der Waals surface area contributed by atoms with E-state index in [4.69, 9.17) is 16.0 Å². The summed E-state index contributed by atoms with van der Waals surface area (Å²) in [6, 6.07) is 20.0. The number of pyridine rings is 1. The van der Waals surface area contributed by atoms with Gasteiger partial charge in [0.2, 0.25) is 10.0 Å². The van der Waals surface area contributed by atoms with Crippen molar-refractivity contribution in [3.63, 3.8) is 0 Å². The molecule has 2 atom stereocenters. The molecule has 6 nitrogen and oxygen atoms in total. The zero-order valence-electron chi connectivity index (χ0n) is 23.2. The summed E-state index contributed by atoms with van der Waals surface area (Å²) in [6.07, 6.45) is -2.12. The largest absolute Gasteiger partial charge is 0.464 e. The number of rotatable bonds is 7. The first-order chi connectivity index (χ1) is 20.8. The molecular formula is C32H24ClF3N2O4S2. The molecule has 6 rings (SSSR count). The molecule has 12 heteroatoms. The number of aryl methyl sites for hydroxylation is 1. The Bertz CT molecular complexity index is 2140. The third kappa shape index (κ3) is 5.39. The molecule has 3 aromatic heterocycles. The van der Waals surface area contributed by atoms with Gasteiger partial charge in [-0.15, -0.1) is 11.3 Å². The van der Waals surface area contributed by atoms with E-state index < -0.39 is 27.8 Å². The summed E-state index contributed by atoms with van der Waals surface area (Å²) in [4.78, 5) is 4.94. The fourth-order valence-electron chi connectivity index (χ4n) is 4.98. The van der Waals surface area contributed by atoms with Crippen LogP contribution in [0.25, 0.3) is 32.3 Å². The highest BCUT2D eigenvalue weighted by atomic mass is 35.5. The Hall–Kier alpha value is -3.74. The zero-order chi connectivity index (χ0) is 31.4. The molecule has 3 aromatic carbocycles. The number of alkyl halides is 3. The molecule has 0 aliphatic heterocycles. The summed E-state index contributed by atoms with van der Waals surface area (Å²) in [6.45, 7) is 2.52. The lowest BCUT2D eigenvalue weighted by Gasteiger charge is -2.26. The first kappa shape index (κ1) is 30.3. The fourth-order valence-corrected chi connectivity index (χ4v) is 7.77. The van der Waals surface area contributed by atoms with Gasteiger partial charge in [0, 0.05) is 31.7 Å². The molecule has 0 aliphatic rings. The topological polar surface area (TPSA) is 92.4 Å². The van der Waals surface area contributed by atoms with Crippen molar-refractivity contribution in [2.45, 2.75) is 36.6 Å². The van der Waals surface area contributed by atoms with Gasteiger partial charge in [-0.1, -0.05) is 48.0 Å². The van der Waals surface area contributed by atoms with Gasteiger partial charge in [-0.05, 0) is 78.4 Å². The van der Waals surface area contributed by atoms with Gasteiger partial charge < -0.3 is 9.52 Å². The van der Waals surface area contributed by atoms with E-state index >= 15 is 0 Å². The van der Waals surface area contributed by atoms with Crippen LogP contribution in [0.15, 0.2) is 101 Å². The molecule has 0 saturated heterocycles. The van der Waals surface area contributed by atoms with Crippen LogP contribution < -0.4 is 4.72 Å². The highest BCUT2D eigenvalue weighted by Crippen LogP contribution is 2.43. The fraction of sp³-hybridized carbons (Fsp3) is 0.156. The van der Waals surface area contributed by atoms with E-state index in [1.165, 1.54) is 29.7 Å². The summed E-state index contributed by atoms with van der Waals surface area (Å²) in [7, 11) is -4.08. The molecular weight excluding hydrogens is 633 g/mol. The van der Waals surface area contributed by atoms with E-state index in [0.29, 0.717) is 43.6 Å². The van der Waals surface area contributed by atoms with Gasteiger partial charge >= 0.3 is 6.18 Å². The number of sulfonamides is 1. The van der Waals surface area contributed by atoms with E-state index in [0.717, 1.165) is 17.0 Å². The maximum Gasteiger partial charge on any atom is 0.421 e. The minimum absolute atomic E-state index is 0.0473. The Balaban J connectivity index is 1.46. The molecule has 3 heterocycles. The number of halogens is 4. The Morgan fingerprint density at radius 1 is 1.02 bits per heavy atom. The summed E-state index contributed by atoms with van der Waals surface area (Å²) in [5, 5.41) is 12.0. The van der Waals surface area contributed by atoms with Crippen molar-refractivity contribution in [2.24, 2.45) is 0 Å². The molecule has 226 valence electrons. The van der Waals surface area contributed by atoms with Crippen LogP contribution in [0.5, 0.6) is 0 Å². The van der Waals surface area contributed by atoms with Gasteiger partial charge in [-0.2, -0.15) is 17.9 Å². The standard InChI is InChI=1S/C32H24ClF3N2O4S2/c1-18-17-42-27-11-10-21(16-24(18)27)44(40,41)38-29(22-7-3-4-9-25(22)33)28-14-19-6-5-8-23(30(19)43-28)26-15-20(12-13-37-26)31(2,39)32(34,35)36/h3-17,29,38-39H,1-2H3/t29-,31+/m1/s1. The molecule has 0 amide bonds. The minimum Gasteiger partial charge on any atom is -0.464 e. The van der Waals surface area contributed by atoms with Crippen LogP contribution in [-0.2, 0) is 15.6 Å². The number of hydrogen-bond donors (Lipinski definition) is 2. The van der Waals surface area contributed by atoms with Crippen LogP contribution in [0.4, 0.5) is 13.2 Å². The predicted molar refractivity (Wildman–Crippen MR) is 165 cm³/mol. The van der Waals surface area contributed by atoms with Gasteiger partial charge in [0.25, 0.3) is 0 Å². The maximum absolute atomic E-state index is 13.8. The molecule has 0 spiro atoms. The van der Waals surface area contributed by atoms with E-state index in [1.54, 1.807) is 54.8 Å². The first-order valence-electron chi connectivity index (χ1n) is 13.3. The van der Waals surface area contributed by atoms with Crippen LogP contribution in [0.1, 0.15) is 34.5 Å². The van der Waals surface area contributed by atoms with Crippen LogP contribution >= 0.6 is 22.9 Å². The van der Waals surface area contributed by atoms with Gasteiger partial charge in [-0.25, -0.2) is 8.42 Å². The minimum atomic E-state index is -4.89. The summed E-state index contributed by atoms with van der Waals surface area (Å²) >= 11 is 7.85. The quantitative estimate of drug-likeness (QED) is 0.180. The van der Waals surface area contributed by atoms with Gasteiger partial charge in [0.15, 0.2) is 5.60 Å². The number of hydrogen-bond acceptors (Lipinski definition) is 6. The molecule has 0 aliphatic carbocycles. The number of nitrogens with zero attached hydrogens (tertiary/aromatic N) is 1. The number of fused-ring (bicyclic) bond motifs is 2. The molecule has 6 aromatic rings. The lowest BCUT2D eigenvalue weighted by Crippen LogP contribution is -2.39. The van der Waals surface area contributed by atoms with Crippen molar-refractivity contribution in [2.75, 3.05) is 0 Å². The highest BCUT2D eigenvalue weighted by molar-refractivity contribution is 7.89. The molecule has 0 radical (unpaired) electrons. The third-order valence-corrected chi connectivity index (χ3v) is 10.5. The van der Waals surface area contributed by atoms with E-state index in [2.05, 4.69) is 9.71 Å². The second-order valence-corrected chi connectivity index (χ2v) is 13.7. The van der Waals surface area contributed by atoms with Crippen molar-refractivity contribution in [1.82, 2.24) is 9.71 Å².